The number of anilines is 2. The van der Waals surface area contributed by atoms with Gasteiger partial charge in [0, 0.05) is 28.6 Å². The van der Waals surface area contributed by atoms with Crippen LogP contribution in [0.3, 0.4) is 0 Å². The van der Waals surface area contributed by atoms with E-state index in [9.17, 15) is 10.1 Å². The second-order valence-electron chi connectivity index (χ2n) is 5.41. The summed E-state index contributed by atoms with van der Waals surface area (Å²) >= 11 is 0. The largest absolute Gasteiger partial charge is 0.399 e. The number of rotatable bonds is 1. The second-order valence-corrected chi connectivity index (χ2v) is 5.41. The molecule has 1 heterocycles. The molecular formula is C19H16N4O2. The molecule has 0 atom stereocenters. The van der Waals surface area contributed by atoms with E-state index in [-0.39, 0.29) is 5.69 Å². The predicted molar refractivity (Wildman–Crippen MR) is 101 cm³/mol. The van der Waals surface area contributed by atoms with E-state index in [2.05, 4.69) is 4.98 Å². The van der Waals surface area contributed by atoms with Crippen molar-refractivity contribution in [1.29, 1.82) is 0 Å². The lowest BCUT2D eigenvalue weighted by atomic mass is 10.1. The van der Waals surface area contributed by atoms with Gasteiger partial charge in [0.1, 0.15) is 0 Å². The number of hydrogen-bond acceptors (Lipinski definition) is 5. The first kappa shape index (κ1) is 16.2. The average Bonchev–Trinajstić information content (AvgIpc) is 2.63. The van der Waals surface area contributed by atoms with Crippen LogP contribution in [0.15, 0.2) is 72.8 Å². The van der Waals surface area contributed by atoms with Crippen LogP contribution in [0.5, 0.6) is 0 Å². The normalized spacial score (nSPS) is 10.2. The van der Waals surface area contributed by atoms with Crippen molar-refractivity contribution in [1.82, 2.24) is 4.98 Å². The summed E-state index contributed by atoms with van der Waals surface area (Å²) in [6.45, 7) is 0. The molecule has 0 aliphatic heterocycles. The molecule has 6 heteroatoms. The van der Waals surface area contributed by atoms with Crippen LogP contribution in [-0.4, -0.2) is 9.91 Å². The van der Waals surface area contributed by atoms with Crippen molar-refractivity contribution in [2.75, 3.05) is 11.5 Å². The highest BCUT2D eigenvalue weighted by Gasteiger charge is 2.04. The number of non-ortho nitro benzene ring substituents is 1. The summed E-state index contributed by atoms with van der Waals surface area (Å²) in [5.41, 5.74) is 14.6. The van der Waals surface area contributed by atoms with E-state index >= 15 is 0 Å². The fourth-order valence-electron chi connectivity index (χ4n) is 2.51. The van der Waals surface area contributed by atoms with Gasteiger partial charge >= 0.3 is 0 Å². The Labute approximate surface area is 143 Å². The molecular weight excluding hydrogens is 316 g/mol. The summed E-state index contributed by atoms with van der Waals surface area (Å²) in [6, 6.07) is 21.8. The summed E-state index contributed by atoms with van der Waals surface area (Å²) in [7, 11) is 0. The van der Waals surface area contributed by atoms with Crippen molar-refractivity contribution in [2.45, 2.75) is 0 Å². The van der Waals surface area contributed by atoms with Gasteiger partial charge in [-0.25, -0.2) is 4.98 Å². The minimum absolute atomic E-state index is 0.0278. The lowest BCUT2D eigenvalue weighted by molar-refractivity contribution is -0.384. The smallest absolute Gasteiger partial charge is 0.271 e. The van der Waals surface area contributed by atoms with Crippen LogP contribution in [0, 0.1) is 10.1 Å². The number of hydrogen-bond donors (Lipinski definition) is 2. The Morgan fingerprint density at radius 1 is 0.800 bits per heavy atom. The van der Waals surface area contributed by atoms with Crippen LogP contribution >= 0.6 is 0 Å². The van der Waals surface area contributed by atoms with Gasteiger partial charge in [-0.2, -0.15) is 0 Å². The lowest BCUT2D eigenvalue weighted by Crippen LogP contribution is -1.91. The van der Waals surface area contributed by atoms with Gasteiger partial charge in [0.2, 0.25) is 0 Å². The van der Waals surface area contributed by atoms with Crippen molar-refractivity contribution in [3.05, 3.63) is 82.9 Å². The van der Waals surface area contributed by atoms with Gasteiger partial charge < -0.3 is 11.5 Å². The van der Waals surface area contributed by atoms with Crippen LogP contribution in [0.1, 0.15) is 0 Å². The number of nitrogens with zero attached hydrogens (tertiary/aromatic N) is 2. The Morgan fingerprint density at radius 3 is 1.84 bits per heavy atom. The molecule has 4 rings (SSSR count). The maximum atomic E-state index is 10.1. The minimum atomic E-state index is -0.476. The van der Waals surface area contributed by atoms with Crippen LogP contribution in [0.25, 0.3) is 21.8 Å². The standard InChI is InChI=1S/C13H10N2.C6H6N2O2/c14-13-9-5-1-3-7-11(9)15-12-8-4-2-6-10(12)13;7-5-2-1-3-6(4-5)8(9)10/h1-8H,(H2,14,15);1-4H,7H2. The summed E-state index contributed by atoms with van der Waals surface area (Å²) < 4.78 is 0. The molecule has 0 saturated carbocycles. The second kappa shape index (κ2) is 6.84. The Kier molecular flexibility index (Phi) is 4.43. The highest BCUT2D eigenvalue weighted by atomic mass is 16.6. The quantitative estimate of drug-likeness (QED) is 0.236. The molecule has 0 bridgehead atoms. The Bertz CT molecular complexity index is 1010. The van der Waals surface area contributed by atoms with Crippen LogP contribution in [-0.2, 0) is 0 Å². The third-order valence-electron chi connectivity index (χ3n) is 3.71. The number of para-hydroxylation sites is 2. The first-order valence-corrected chi connectivity index (χ1v) is 7.59. The molecule has 0 spiro atoms. The predicted octanol–water partition coefficient (Wildman–Crippen LogP) is 4.15. The molecule has 0 aliphatic rings. The monoisotopic (exact) mass is 332 g/mol. The molecule has 25 heavy (non-hydrogen) atoms. The highest BCUT2D eigenvalue weighted by Crippen LogP contribution is 2.27. The summed E-state index contributed by atoms with van der Waals surface area (Å²) in [6.07, 6.45) is 0. The molecule has 0 saturated heterocycles. The highest BCUT2D eigenvalue weighted by molar-refractivity contribution is 6.06. The molecule has 124 valence electrons. The van der Waals surface area contributed by atoms with E-state index in [0.717, 1.165) is 27.5 Å². The summed E-state index contributed by atoms with van der Waals surface area (Å²) in [5.74, 6) is 0. The van der Waals surface area contributed by atoms with Crippen molar-refractivity contribution >= 4 is 38.9 Å². The molecule has 4 aromatic rings. The molecule has 0 unspecified atom stereocenters. The van der Waals surface area contributed by atoms with Crippen LogP contribution in [0.4, 0.5) is 17.1 Å². The number of pyridine rings is 1. The lowest BCUT2D eigenvalue weighted by Gasteiger charge is -2.05. The summed E-state index contributed by atoms with van der Waals surface area (Å²) in [4.78, 5) is 14.2. The van der Waals surface area contributed by atoms with Gasteiger partial charge in [-0.3, -0.25) is 10.1 Å². The van der Waals surface area contributed by atoms with Gasteiger partial charge in [-0.05, 0) is 18.2 Å². The number of nitro benzene ring substituents is 1. The molecule has 3 aromatic carbocycles. The number of fused-ring (bicyclic) bond motifs is 2. The van der Waals surface area contributed by atoms with Gasteiger partial charge in [-0.15, -0.1) is 0 Å². The van der Waals surface area contributed by atoms with Crippen molar-refractivity contribution in [3.8, 4) is 0 Å². The molecule has 0 radical (unpaired) electrons. The maximum absolute atomic E-state index is 10.1. The zero-order valence-electron chi connectivity index (χ0n) is 13.3. The van der Waals surface area contributed by atoms with Gasteiger partial charge in [0.05, 0.1) is 21.6 Å². The van der Waals surface area contributed by atoms with E-state index in [1.807, 2.05) is 48.5 Å². The molecule has 1 aromatic heterocycles. The molecule has 0 fully saturated rings. The third kappa shape index (κ3) is 3.48. The van der Waals surface area contributed by atoms with E-state index in [1.165, 1.54) is 12.1 Å². The first-order chi connectivity index (χ1) is 12.1. The molecule has 6 nitrogen and oxygen atoms in total. The SMILES string of the molecule is Nc1c2ccccc2nc2ccccc12.Nc1cccc([N+](=O)[O-])c1. The van der Waals surface area contributed by atoms with Crippen LogP contribution < -0.4 is 11.5 Å². The summed E-state index contributed by atoms with van der Waals surface area (Å²) in [5, 5.41) is 12.2. The van der Waals surface area contributed by atoms with Crippen molar-refractivity contribution in [3.63, 3.8) is 0 Å². The number of benzene rings is 3. The number of nitrogens with two attached hydrogens (primary N) is 2. The van der Waals surface area contributed by atoms with E-state index in [1.54, 1.807) is 12.1 Å². The van der Waals surface area contributed by atoms with Crippen LogP contribution in [0.2, 0.25) is 0 Å². The third-order valence-corrected chi connectivity index (χ3v) is 3.71. The van der Waals surface area contributed by atoms with Crippen molar-refractivity contribution in [2.24, 2.45) is 0 Å². The van der Waals surface area contributed by atoms with E-state index < -0.39 is 4.92 Å². The zero-order chi connectivity index (χ0) is 17.8. The van der Waals surface area contributed by atoms with E-state index in [4.69, 9.17) is 11.5 Å². The minimum Gasteiger partial charge on any atom is -0.399 e. The van der Waals surface area contributed by atoms with Gasteiger partial charge in [0.25, 0.3) is 5.69 Å². The topological polar surface area (TPSA) is 108 Å². The Morgan fingerprint density at radius 2 is 1.36 bits per heavy atom. The zero-order valence-corrected chi connectivity index (χ0v) is 13.3. The fourth-order valence-corrected chi connectivity index (χ4v) is 2.51. The molecule has 0 amide bonds. The number of aromatic nitrogens is 1. The van der Waals surface area contributed by atoms with Gasteiger partial charge in [0.15, 0.2) is 0 Å². The molecule has 0 aliphatic carbocycles. The fraction of sp³-hybridized carbons (Fsp3) is 0. The molecule has 4 N–H and O–H groups in total. The van der Waals surface area contributed by atoms with E-state index in [0.29, 0.717) is 5.69 Å². The number of nitrogen functional groups attached to an aromatic ring is 2. The Hall–Kier alpha value is -3.67. The average molecular weight is 332 g/mol. The van der Waals surface area contributed by atoms with Gasteiger partial charge in [-0.1, -0.05) is 42.5 Å². The van der Waals surface area contributed by atoms with Crippen molar-refractivity contribution < 1.29 is 4.92 Å². The maximum Gasteiger partial charge on any atom is 0.271 e. The number of nitro groups is 1. The first-order valence-electron chi connectivity index (χ1n) is 7.59. The Balaban J connectivity index is 0.000000160.